The van der Waals surface area contributed by atoms with Gasteiger partial charge in [0.1, 0.15) is 0 Å². The molecule has 4 nitrogen and oxygen atoms in total. The molecule has 0 aromatic heterocycles. The topological polar surface area (TPSA) is 57.6 Å². The summed E-state index contributed by atoms with van der Waals surface area (Å²) in [5.74, 6) is -4.02. The van der Waals surface area contributed by atoms with Crippen LogP contribution < -0.4 is 4.90 Å². The van der Waals surface area contributed by atoms with Gasteiger partial charge in [0.15, 0.2) is 11.6 Å². The Bertz CT molecular complexity index is 486. The van der Waals surface area contributed by atoms with Gasteiger partial charge in [-0.15, -0.1) is 0 Å². The molecule has 17 heavy (non-hydrogen) atoms. The van der Waals surface area contributed by atoms with Crippen molar-refractivity contribution >= 4 is 17.6 Å². The number of carboxylic acids is 1. The number of benzene rings is 1. The Kier molecular flexibility index (Phi) is 3.92. The van der Waals surface area contributed by atoms with Crippen LogP contribution in [-0.2, 0) is 9.59 Å². The van der Waals surface area contributed by atoms with Gasteiger partial charge in [-0.05, 0) is 12.1 Å². The number of hydrogen-bond acceptors (Lipinski definition) is 2. The minimum Gasteiger partial charge on any atom is -0.478 e. The number of likely N-dealkylation sites (N-methyl/N-ethyl adjacent to an activating group) is 1. The summed E-state index contributed by atoms with van der Waals surface area (Å²) >= 11 is 0. The zero-order chi connectivity index (χ0) is 13.0. The molecule has 1 N–H and O–H groups in total. The molecule has 0 saturated heterocycles. The van der Waals surface area contributed by atoms with Crippen LogP contribution in [0.25, 0.3) is 0 Å². The lowest BCUT2D eigenvalue weighted by Gasteiger charge is -2.15. The van der Waals surface area contributed by atoms with E-state index >= 15 is 0 Å². The fourth-order valence-electron chi connectivity index (χ4n) is 1.08. The predicted molar refractivity (Wildman–Crippen MR) is 56.5 cm³/mol. The van der Waals surface area contributed by atoms with E-state index in [4.69, 9.17) is 5.11 Å². The van der Waals surface area contributed by atoms with Gasteiger partial charge in [0.2, 0.25) is 0 Å². The van der Waals surface area contributed by atoms with Crippen LogP contribution in [0.4, 0.5) is 14.5 Å². The van der Waals surface area contributed by atoms with Crippen LogP contribution in [0.2, 0.25) is 0 Å². The van der Waals surface area contributed by atoms with Crippen molar-refractivity contribution in [3.63, 3.8) is 0 Å². The molecule has 0 aliphatic rings. The maximum atomic E-state index is 12.9. The van der Waals surface area contributed by atoms with Crippen LogP contribution in [-0.4, -0.2) is 24.0 Å². The van der Waals surface area contributed by atoms with Crippen molar-refractivity contribution in [2.24, 2.45) is 0 Å². The van der Waals surface area contributed by atoms with Crippen molar-refractivity contribution in [2.75, 3.05) is 11.9 Å². The Hall–Kier alpha value is -2.24. The second-order valence-electron chi connectivity index (χ2n) is 3.17. The van der Waals surface area contributed by atoms with Gasteiger partial charge in [0.05, 0.1) is 0 Å². The monoisotopic (exact) mass is 241 g/mol. The van der Waals surface area contributed by atoms with E-state index in [1.54, 1.807) is 0 Å². The summed E-state index contributed by atoms with van der Waals surface area (Å²) < 4.78 is 25.5. The molecule has 1 aromatic carbocycles. The normalized spacial score (nSPS) is 10.5. The number of aliphatic carboxylic acids is 1. The lowest BCUT2D eigenvalue weighted by molar-refractivity contribution is -0.131. The van der Waals surface area contributed by atoms with Gasteiger partial charge in [0, 0.05) is 31.0 Å². The second-order valence-corrected chi connectivity index (χ2v) is 3.17. The third-order valence-corrected chi connectivity index (χ3v) is 1.99. The lowest BCUT2D eigenvalue weighted by Crippen LogP contribution is -2.24. The fraction of sp³-hybridized carbons (Fsp3) is 0.0909. The van der Waals surface area contributed by atoms with Crippen molar-refractivity contribution in [3.05, 3.63) is 42.0 Å². The first kappa shape index (κ1) is 12.8. The van der Waals surface area contributed by atoms with E-state index in [9.17, 15) is 18.4 Å². The number of halogens is 2. The molecule has 1 rings (SSSR count). The molecule has 1 amide bonds. The van der Waals surface area contributed by atoms with E-state index in [0.717, 1.165) is 23.1 Å². The molecule has 90 valence electrons. The number of hydrogen-bond donors (Lipinski definition) is 1. The van der Waals surface area contributed by atoms with Crippen LogP contribution >= 0.6 is 0 Å². The number of nitrogens with zero attached hydrogens (tertiary/aromatic N) is 1. The average Bonchev–Trinajstić information content (AvgIpc) is 2.28. The summed E-state index contributed by atoms with van der Waals surface area (Å²) in [6.45, 7) is 0. The minimum absolute atomic E-state index is 0.129. The van der Waals surface area contributed by atoms with Gasteiger partial charge in [-0.2, -0.15) is 0 Å². The zero-order valence-electron chi connectivity index (χ0n) is 8.85. The Morgan fingerprint density at radius 2 is 1.88 bits per heavy atom. The smallest absolute Gasteiger partial charge is 0.328 e. The third-order valence-electron chi connectivity index (χ3n) is 1.99. The summed E-state index contributed by atoms with van der Waals surface area (Å²) in [4.78, 5) is 22.6. The molecular weight excluding hydrogens is 232 g/mol. The highest BCUT2D eigenvalue weighted by molar-refractivity contribution is 6.03. The zero-order valence-corrected chi connectivity index (χ0v) is 8.85. The molecular formula is C11H9F2NO3. The van der Waals surface area contributed by atoms with Gasteiger partial charge >= 0.3 is 5.97 Å². The number of carbonyl (C=O) groups excluding carboxylic acids is 1. The number of carbonyl (C=O) groups is 2. The molecule has 0 unspecified atom stereocenters. The maximum absolute atomic E-state index is 12.9. The van der Waals surface area contributed by atoms with Crippen molar-refractivity contribution in [2.45, 2.75) is 0 Å². The molecule has 0 aliphatic heterocycles. The first-order chi connectivity index (χ1) is 7.91. The van der Waals surface area contributed by atoms with Crippen LogP contribution in [0.15, 0.2) is 30.4 Å². The Balaban J connectivity index is 2.89. The molecule has 1 aromatic rings. The van der Waals surface area contributed by atoms with Crippen LogP contribution in [0.5, 0.6) is 0 Å². The molecule has 6 heteroatoms. The summed E-state index contributed by atoms with van der Waals surface area (Å²) in [7, 11) is 1.32. The van der Waals surface area contributed by atoms with Crippen molar-refractivity contribution in [1.29, 1.82) is 0 Å². The van der Waals surface area contributed by atoms with E-state index < -0.39 is 23.5 Å². The van der Waals surface area contributed by atoms with Gasteiger partial charge in [-0.3, -0.25) is 4.79 Å². The summed E-state index contributed by atoms with van der Waals surface area (Å²) in [5.41, 5.74) is 0.129. The molecule has 0 bridgehead atoms. The quantitative estimate of drug-likeness (QED) is 0.817. The van der Waals surface area contributed by atoms with Crippen LogP contribution in [0.1, 0.15) is 0 Å². The SMILES string of the molecule is CN(C(=O)/C=C/C(=O)O)c1ccc(F)c(F)c1. The second kappa shape index (κ2) is 5.20. The maximum Gasteiger partial charge on any atom is 0.328 e. The summed E-state index contributed by atoms with van der Waals surface area (Å²) in [6, 6.07) is 2.95. The van der Waals surface area contributed by atoms with E-state index in [2.05, 4.69) is 0 Å². The first-order valence-electron chi connectivity index (χ1n) is 4.55. The number of anilines is 1. The minimum atomic E-state index is -1.27. The largest absolute Gasteiger partial charge is 0.478 e. The van der Waals surface area contributed by atoms with Gasteiger partial charge in [-0.1, -0.05) is 0 Å². The van der Waals surface area contributed by atoms with Gasteiger partial charge < -0.3 is 10.0 Å². The fourth-order valence-corrected chi connectivity index (χ4v) is 1.08. The van der Waals surface area contributed by atoms with Gasteiger partial charge in [-0.25, -0.2) is 13.6 Å². The third kappa shape index (κ3) is 3.37. The summed E-state index contributed by atoms with van der Waals surface area (Å²) in [6.07, 6.45) is 1.49. The molecule has 0 heterocycles. The molecule has 0 spiro atoms. The highest BCUT2D eigenvalue weighted by atomic mass is 19.2. The Labute approximate surface area is 95.8 Å². The van der Waals surface area contributed by atoms with Crippen molar-refractivity contribution in [3.8, 4) is 0 Å². The van der Waals surface area contributed by atoms with E-state index in [0.29, 0.717) is 6.08 Å². The Morgan fingerprint density at radius 1 is 1.24 bits per heavy atom. The molecule has 0 atom stereocenters. The molecule has 0 fully saturated rings. The molecule has 0 radical (unpaired) electrons. The van der Waals surface area contributed by atoms with Crippen molar-refractivity contribution < 1.29 is 23.5 Å². The number of carboxylic acid groups (broad SMARTS) is 1. The summed E-state index contributed by atoms with van der Waals surface area (Å²) in [5, 5.41) is 8.33. The standard InChI is InChI=1S/C11H9F2NO3/c1-14(10(15)4-5-11(16)17)7-2-3-8(12)9(13)6-7/h2-6H,1H3,(H,16,17)/b5-4+. The Morgan fingerprint density at radius 3 is 2.41 bits per heavy atom. The molecule has 0 aliphatic carbocycles. The number of amides is 1. The van der Waals surface area contributed by atoms with Gasteiger partial charge in [0.25, 0.3) is 5.91 Å². The van der Waals surface area contributed by atoms with Crippen LogP contribution in [0.3, 0.4) is 0 Å². The predicted octanol–water partition coefficient (Wildman–Crippen LogP) is 1.57. The van der Waals surface area contributed by atoms with E-state index in [1.807, 2.05) is 0 Å². The highest BCUT2D eigenvalue weighted by Crippen LogP contribution is 2.16. The lowest BCUT2D eigenvalue weighted by atomic mass is 10.2. The average molecular weight is 241 g/mol. The molecule has 0 saturated carbocycles. The van der Waals surface area contributed by atoms with Crippen LogP contribution in [0, 0.1) is 11.6 Å². The van der Waals surface area contributed by atoms with E-state index in [1.165, 1.54) is 13.1 Å². The highest BCUT2D eigenvalue weighted by Gasteiger charge is 2.10. The van der Waals surface area contributed by atoms with Crippen molar-refractivity contribution in [1.82, 2.24) is 0 Å². The van der Waals surface area contributed by atoms with E-state index in [-0.39, 0.29) is 5.69 Å². The number of rotatable bonds is 3. The first-order valence-corrected chi connectivity index (χ1v) is 4.55.